The molecule has 0 saturated carbocycles. The van der Waals surface area contributed by atoms with Crippen LogP contribution in [0.4, 0.5) is 0 Å². The molecular weight excluding hydrogens is 316 g/mol. The standard InChI is InChI=1S/C16H21ClN4O2/c1-11(22-2)16-19-15(23-20-16)10-21-7-6-18-9-14(21)12-4-3-5-13(17)8-12/h3-5,8,11,14,18H,6-7,9-10H2,1-2H3. The highest BCUT2D eigenvalue weighted by Gasteiger charge is 2.26. The van der Waals surface area contributed by atoms with Gasteiger partial charge in [0.2, 0.25) is 5.89 Å². The molecule has 0 bridgehead atoms. The maximum absolute atomic E-state index is 6.13. The van der Waals surface area contributed by atoms with Crippen LogP contribution in [0.5, 0.6) is 0 Å². The quantitative estimate of drug-likeness (QED) is 0.905. The van der Waals surface area contributed by atoms with Gasteiger partial charge in [-0.3, -0.25) is 4.90 Å². The fraction of sp³-hybridized carbons (Fsp3) is 0.500. The summed E-state index contributed by atoms with van der Waals surface area (Å²) in [5, 5.41) is 8.17. The molecule has 0 amide bonds. The van der Waals surface area contributed by atoms with Gasteiger partial charge in [-0.1, -0.05) is 28.9 Å². The molecule has 6 nitrogen and oxygen atoms in total. The van der Waals surface area contributed by atoms with Gasteiger partial charge in [0.25, 0.3) is 0 Å². The molecule has 1 saturated heterocycles. The molecule has 124 valence electrons. The molecule has 3 rings (SSSR count). The maximum Gasteiger partial charge on any atom is 0.240 e. The highest BCUT2D eigenvalue weighted by Crippen LogP contribution is 2.26. The van der Waals surface area contributed by atoms with Crippen LogP contribution in [-0.4, -0.2) is 41.8 Å². The molecule has 0 aliphatic carbocycles. The van der Waals surface area contributed by atoms with E-state index in [-0.39, 0.29) is 12.1 Å². The van der Waals surface area contributed by atoms with Crippen molar-refractivity contribution in [1.29, 1.82) is 0 Å². The second kappa shape index (κ2) is 7.40. The summed E-state index contributed by atoms with van der Waals surface area (Å²) >= 11 is 6.13. The third-order valence-corrected chi connectivity index (χ3v) is 4.36. The fourth-order valence-electron chi connectivity index (χ4n) is 2.75. The zero-order valence-corrected chi connectivity index (χ0v) is 14.1. The topological polar surface area (TPSA) is 63.4 Å². The van der Waals surface area contributed by atoms with Gasteiger partial charge in [0.05, 0.1) is 6.54 Å². The summed E-state index contributed by atoms with van der Waals surface area (Å²) in [6, 6.07) is 8.22. The molecule has 1 N–H and O–H groups in total. The van der Waals surface area contributed by atoms with Crippen LogP contribution in [0.25, 0.3) is 0 Å². The first-order valence-corrected chi connectivity index (χ1v) is 8.10. The van der Waals surface area contributed by atoms with Gasteiger partial charge in [0, 0.05) is 37.8 Å². The molecule has 7 heteroatoms. The van der Waals surface area contributed by atoms with Crippen LogP contribution >= 0.6 is 11.6 Å². The van der Waals surface area contributed by atoms with Crippen molar-refractivity contribution in [3.8, 4) is 0 Å². The van der Waals surface area contributed by atoms with Gasteiger partial charge < -0.3 is 14.6 Å². The highest BCUT2D eigenvalue weighted by molar-refractivity contribution is 6.30. The van der Waals surface area contributed by atoms with Crippen LogP contribution < -0.4 is 5.32 Å². The van der Waals surface area contributed by atoms with Gasteiger partial charge in [-0.05, 0) is 24.6 Å². The summed E-state index contributed by atoms with van der Waals surface area (Å²) < 4.78 is 10.6. The van der Waals surface area contributed by atoms with Crippen molar-refractivity contribution >= 4 is 11.6 Å². The summed E-state index contributed by atoms with van der Waals surface area (Å²) in [6.07, 6.45) is -0.167. The monoisotopic (exact) mass is 336 g/mol. The van der Waals surface area contributed by atoms with E-state index in [0.717, 1.165) is 24.7 Å². The van der Waals surface area contributed by atoms with Gasteiger partial charge in [0.1, 0.15) is 6.10 Å². The summed E-state index contributed by atoms with van der Waals surface area (Å²) in [5.41, 5.74) is 1.19. The van der Waals surface area contributed by atoms with E-state index in [1.807, 2.05) is 25.1 Å². The molecule has 0 spiro atoms. The molecule has 0 radical (unpaired) electrons. The Morgan fingerprint density at radius 1 is 1.52 bits per heavy atom. The summed E-state index contributed by atoms with van der Waals surface area (Å²) in [4.78, 5) is 6.76. The number of hydrogen-bond acceptors (Lipinski definition) is 6. The minimum absolute atomic E-state index is 0.167. The molecular formula is C16H21ClN4O2. The molecule has 1 aliphatic heterocycles. The lowest BCUT2D eigenvalue weighted by atomic mass is 10.0. The molecule has 2 aromatic rings. The number of nitrogens with zero attached hydrogens (tertiary/aromatic N) is 3. The number of hydrogen-bond donors (Lipinski definition) is 1. The van der Waals surface area contributed by atoms with Gasteiger partial charge in [-0.15, -0.1) is 0 Å². The smallest absolute Gasteiger partial charge is 0.240 e. The number of ether oxygens (including phenoxy) is 1. The predicted molar refractivity (Wildman–Crippen MR) is 87.2 cm³/mol. The minimum atomic E-state index is -0.167. The second-order valence-corrected chi connectivity index (χ2v) is 6.11. The van der Waals surface area contributed by atoms with Crippen LogP contribution in [0, 0.1) is 0 Å². The number of halogens is 1. The Labute approximate surface area is 140 Å². The lowest BCUT2D eigenvalue weighted by Gasteiger charge is -2.35. The van der Waals surface area contributed by atoms with E-state index in [2.05, 4.69) is 26.4 Å². The predicted octanol–water partition coefficient (Wildman–Crippen LogP) is 2.58. The van der Waals surface area contributed by atoms with Crippen molar-refractivity contribution in [2.75, 3.05) is 26.7 Å². The van der Waals surface area contributed by atoms with E-state index in [1.165, 1.54) is 5.56 Å². The van der Waals surface area contributed by atoms with E-state index >= 15 is 0 Å². The Kier molecular flexibility index (Phi) is 5.27. The van der Waals surface area contributed by atoms with E-state index in [0.29, 0.717) is 18.3 Å². The summed E-state index contributed by atoms with van der Waals surface area (Å²) in [6.45, 7) is 5.23. The van der Waals surface area contributed by atoms with Crippen molar-refractivity contribution < 1.29 is 9.26 Å². The average Bonchev–Trinajstić information content (AvgIpc) is 3.03. The highest BCUT2D eigenvalue weighted by atomic mass is 35.5. The molecule has 2 atom stereocenters. The average molecular weight is 337 g/mol. The normalized spacial score (nSPS) is 20.6. The largest absolute Gasteiger partial charge is 0.374 e. The number of nitrogens with one attached hydrogen (secondary N) is 1. The summed E-state index contributed by atoms with van der Waals surface area (Å²) in [7, 11) is 1.63. The van der Waals surface area contributed by atoms with Crippen LogP contribution in [0.1, 0.15) is 36.3 Å². The number of piperazine rings is 1. The van der Waals surface area contributed by atoms with Gasteiger partial charge >= 0.3 is 0 Å². The first kappa shape index (κ1) is 16.4. The van der Waals surface area contributed by atoms with Crippen molar-refractivity contribution in [2.24, 2.45) is 0 Å². The first-order chi connectivity index (χ1) is 11.2. The summed E-state index contributed by atoms with van der Waals surface area (Å²) in [5.74, 6) is 1.19. The van der Waals surface area contributed by atoms with Crippen molar-refractivity contribution in [1.82, 2.24) is 20.4 Å². The molecule has 1 aromatic carbocycles. The third-order valence-electron chi connectivity index (χ3n) is 4.13. The third kappa shape index (κ3) is 3.90. The van der Waals surface area contributed by atoms with Crippen molar-refractivity contribution in [3.05, 3.63) is 46.6 Å². The second-order valence-electron chi connectivity index (χ2n) is 5.67. The van der Waals surface area contributed by atoms with Crippen molar-refractivity contribution in [3.63, 3.8) is 0 Å². The minimum Gasteiger partial charge on any atom is -0.374 e. The van der Waals surface area contributed by atoms with E-state index < -0.39 is 0 Å². The lowest BCUT2D eigenvalue weighted by molar-refractivity contribution is 0.109. The van der Waals surface area contributed by atoms with Gasteiger partial charge in [-0.2, -0.15) is 4.98 Å². The molecule has 1 aromatic heterocycles. The van der Waals surface area contributed by atoms with Gasteiger partial charge in [-0.25, -0.2) is 0 Å². The number of rotatable bonds is 5. The number of methoxy groups -OCH3 is 1. The number of aromatic nitrogens is 2. The lowest BCUT2D eigenvalue weighted by Crippen LogP contribution is -2.45. The Morgan fingerprint density at radius 2 is 2.39 bits per heavy atom. The van der Waals surface area contributed by atoms with Crippen LogP contribution in [0.2, 0.25) is 5.02 Å². The van der Waals surface area contributed by atoms with Crippen LogP contribution in [0.3, 0.4) is 0 Å². The van der Waals surface area contributed by atoms with Crippen LogP contribution in [0.15, 0.2) is 28.8 Å². The molecule has 2 heterocycles. The van der Waals surface area contributed by atoms with E-state index in [1.54, 1.807) is 7.11 Å². The van der Waals surface area contributed by atoms with Crippen LogP contribution in [-0.2, 0) is 11.3 Å². The first-order valence-electron chi connectivity index (χ1n) is 7.73. The number of benzene rings is 1. The Balaban J connectivity index is 1.75. The molecule has 1 fully saturated rings. The van der Waals surface area contributed by atoms with Gasteiger partial charge in [0.15, 0.2) is 5.82 Å². The molecule has 2 unspecified atom stereocenters. The molecule has 23 heavy (non-hydrogen) atoms. The SMILES string of the molecule is COC(C)c1noc(CN2CCNCC2c2cccc(Cl)c2)n1. The zero-order chi connectivity index (χ0) is 16.2. The fourth-order valence-corrected chi connectivity index (χ4v) is 2.95. The Hall–Kier alpha value is -1.47. The maximum atomic E-state index is 6.13. The van der Waals surface area contributed by atoms with E-state index in [4.69, 9.17) is 20.9 Å². The molecule has 1 aliphatic rings. The van der Waals surface area contributed by atoms with Crippen molar-refractivity contribution in [2.45, 2.75) is 25.6 Å². The van der Waals surface area contributed by atoms with E-state index in [9.17, 15) is 0 Å². The Morgan fingerprint density at radius 3 is 3.17 bits per heavy atom. The Bertz CT molecular complexity index is 649. The zero-order valence-electron chi connectivity index (χ0n) is 13.3.